The van der Waals surface area contributed by atoms with Crippen LogP contribution in [0.3, 0.4) is 0 Å². The van der Waals surface area contributed by atoms with Crippen molar-refractivity contribution >= 4 is 41.0 Å². The molecule has 6 N–H and O–H groups in total. The first kappa shape index (κ1) is 29.4. The molecule has 0 aliphatic rings. The first-order valence-corrected chi connectivity index (χ1v) is 12.7. The van der Waals surface area contributed by atoms with Crippen LogP contribution in [0.25, 0.3) is 0 Å². The van der Waals surface area contributed by atoms with Gasteiger partial charge >= 0.3 is 6.09 Å². The van der Waals surface area contributed by atoms with Gasteiger partial charge in [-0.25, -0.2) is 9.78 Å². The molecule has 2 aromatic carbocycles. The summed E-state index contributed by atoms with van der Waals surface area (Å²) >= 11 is 0. The van der Waals surface area contributed by atoms with Crippen LogP contribution in [0.4, 0.5) is 27.9 Å². The number of nitrogens with zero attached hydrogens (tertiary/aromatic N) is 2. The minimum absolute atomic E-state index is 0.215. The molecule has 0 bridgehead atoms. The molecule has 0 radical (unpaired) electrons. The van der Waals surface area contributed by atoms with Gasteiger partial charge in [0.25, 0.3) is 0 Å². The molecule has 11 heteroatoms. The van der Waals surface area contributed by atoms with E-state index in [9.17, 15) is 14.4 Å². The van der Waals surface area contributed by atoms with Crippen LogP contribution in [0.2, 0.25) is 0 Å². The highest BCUT2D eigenvalue weighted by atomic mass is 16.6. The Labute approximate surface area is 233 Å². The third kappa shape index (κ3) is 9.64. The van der Waals surface area contributed by atoms with Crippen LogP contribution in [0.5, 0.6) is 0 Å². The largest absolute Gasteiger partial charge is 0.444 e. The number of nitrogens with one attached hydrogen (secondary N) is 4. The molecule has 0 spiro atoms. The number of benzene rings is 2. The van der Waals surface area contributed by atoms with Crippen molar-refractivity contribution in [2.75, 3.05) is 29.0 Å². The number of alkyl carbamates (subject to hydrolysis) is 1. The summed E-state index contributed by atoms with van der Waals surface area (Å²) in [6.45, 7) is 7.77. The maximum Gasteiger partial charge on any atom is 0.408 e. The van der Waals surface area contributed by atoms with Crippen molar-refractivity contribution in [3.05, 3.63) is 71.4 Å². The topological polar surface area (TPSA) is 160 Å². The first-order valence-electron chi connectivity index (χ1n) is 12.7. The summed E-state index contributed by atoms with van der Waals surface area (Å²) in [7, 11) is 0. The maximum atomic E-state index is 12.1. The van der Waals surface area contributed by atoms with E-state index in [0.29, 0.717) is 40.8 Å². The molecule has 0 aliphatic heterocycles. The van der Waals surface area contributed by atoms with Crippen LogP contribution in [-0.4, -0.2) is 46.6 Å². The van der Waals surface area contributed by atoms with E-state index in [4.69, 9.17) is 10.5 Å². The molecule has 11 nitrogen and oxygen atoms in total. The number of carbonyl (C=O) groups is 3. The lowest BCUT2D eigenvalue weighted by molar-refractivity contribution is -0.115. The Morgan fingerprint density at radius 1 is 0.975 bits per heavy atom. The van der Waals surface area contributed by atoms with Gasteiger partial charge in [-0.2, -0.15) is 4.98 Å². The Morgan fingerprint density at radius 2 is 1.65 bits per heavy atom. The molecule has 0 atom stereocenters. The second-order valence-corrected chi connectivity index (χ2v) is 9.68. The zero-order valence-corrected chi connectivity index (χ0v) is 22.9. The second-order valence-electron chi connectivity index (χ2n) is 9.68. The average Bonchev–Trinajstić information content (AvgIpc) is 2.90. The summed E-state index contributed by atoms with van der Waals surface area (Å²) in [6.07, 6.45) is 1.87. The summed E-state index contributed by atoms with van der Waals surface area (Å²) < 4.78 is 5.12. The Hall–Kier alpha value is -5.11. The number of carbonyl (C=O) groups excluding carboxylic acids is 3. The van der Waals surface area contributed by atoms with Crippen LogP contribution in [-0.2, 0) is 9.53 Å². The number of hydrogen-bond donors (Lipinski definition) is 5. The quantitative estimate of drug-likeness (QED) is 0.253. The highest BCUT2D eigenvalue weighted by Gasteiger charge is 2.16. The van der Waals surface area contributed by atoms with E-state index in [1.165, 1.54) is 0 Å². The number of amides is 3. The molecular weight excluding hydrogens is 510 g/mol. The van der Waals surface area contributed by atoms with Crippen molar-refractivity contribution in [1.29, 1.82) is 0 Å². The molecule has 3 amide bonds. The lowest BCUT2D eigenvalue weighted by Gasteiger charge is -2.19. The molecule has 3 rings (SSSR count). The zero-order valence-electron chi connectivity index (χ0n) is 22.9. The van der Waals surface area contributed by atoms with Gasteiger partial charge in [0, 0.05) is 29.0 Å². The fourth-order valence-corrected chi connectivity index (χ4v) is 3.21. The fraction of sp³-hybridized carbons (Fsp3) is 0.276. The van der Waals surface area contributed by atoms with Gasteiger partial charge in [-0.05, 0) is 75.7 Å². The lowest BCUT2D eigenvalue weighted by atomic mass is 10.2. The molecule has 0 aliphatic carbocycles. The van der Waals surface area contributed by atoms with E-state index >= 15 is 0 Å². The van der Waals surface area contributed by atoms with E-state index < -0.39 is 17.6 Å². The van der Waals surface area contributed by atoms with Gasteiger partial charge in [-0.1, -0.05) is 18.8 Å². The van der Waals surface area contributed by atoms with Crippen molar-refractivity contribution < 1.29 is 19.1 Å². The Bertz CT molecular complexity index is 1400. The number of primary amides is 1. The van der Waals surface area contributed by atoms with Crippen molar-refractivity contribution in [1.82, 2.24) is 15.3 Å². The van der Waals surface area contributed by atoms with Crippen molar-refractivity contribution in [2.24, 2.45) is 5.73 Å². The predicted octanol–water partition coefficient (Wildman–Crippen LogP) is 4.00. The number of rotatable bonds is 9. The molecule has 0 fully saturated rings. The summed E-state index contributed by atoms with van der Waals surface area (Å²) in [5.74, 6) is 6.26. The van der Waals surface area contributed by atoms with Crippen molar-refractivity contribution in [2.45, 2.75) is 39.7 Å². The van der Waals surface area contributed by atoms with Gasteiger partial charge in [0.05, 0.1) is 11.8 Å². The summed E-state index contributed by atoms with van der Waals surface area (Å²) in [4.78, 5) is 44.0. The standard InChI is InChI=1S/C29H33N7O4/c1-5-16-31-26-21(17-32-27(36-26)35-23-14-10-20(11-15-23)25(30)38)9-6-19-7-12-22(13-8-19)34-24(37)18-33-28(39)40-29(2,3)4/h7-8,10-15,17H,5,16,18H2,1-4H3,(H2,30,38)(H,33,39)(H,34,37)(H2,31,32,35,36). The molecule has 0 unspecified atom stereocenters. The van der Waals surface area contributed by atoms with Crippen LogP contribution < -0.4 is 27.0 Å². The molecule has 1 heterocycles. The molecule has 0 saturated carbocycles. The first-order chi connectivity index (χ1) is 19.0. The number of nitrogens with two attached hydrogens (primary N) is 1. The zero-order chi connectivity index (χ0) is 29.1. The van der Waals surface area contributed by atoms with E-state index in [1.807, 2.05) is 6.92 Å². The Morgan fingerprint density at radius 3 is 2.27 bits per heavy atom. The maximum absolute atomic E-state index is 12.1. The van der Waals surface area contributed by atoms with E-state index in [2.05, 4.69) is 43.1 Å². The summed E-state index contributed by atoms with van der Waals surface area (Å²) in [6, 6.07) is 13.7. The van der Waals surface area contributed by atoms with Crippen molar-refractivity contribution in [3.63, 3.8) is 0 Å². The molecule has 0 saturated heterocycles. The number of hydrogen-bond acceptors (Lipinski definition) is 8. The van der Waals surface area contributed by atoms with E-state index in [1.54, 1.807) is 75.5 Å². The SMILES string of the molecule is CCCNc1nc(Nc2ccc(C(N)=O)cc2)ncc1C#Cc1ccc(NC(=O)CNC(=O)OC(C)(C)C)cc1. The van der Waals surface area contributed by atoms with Gasteiger partial charge in [0.2, 0.25) is 17.8 Å². The number of aromatic nitrogens is 2. The van der Waals surface area contributed by atoms with Gasteiger partial charge in [-0.3, -0.25) is 9.59 Å². The smallest absolute Gasteiger partial charge is 0.408 e. The van der Waals surface area contributed by atoms with Crippen LogP contribution in [0.15, 0.2) is 54.7 Å². The van der Waals surface area contributed by atoms with E-state index in [-0.39, 0.29) is 12.5 Å². The van der Waals surface area contributed by atoms with E-state index in [0.717, 1.165) is 12.0 Å². The highest BCUT2D eigenvalue weighted by Crippen LogP contribution is 2.18. The number of anilines is 4. The molecule has 40 heavy (non-hydrogen) atoms. The average molecular weight is 544 g/mol. The van der Waals surface area contributed by atoms with Crippen LogP contribution >= 0.6 is 0 Å². The summed E-state index contributed by atoms with van der Waals surface area (Å²) in [5.41, 5.74) is 7.68. The highest BCUT2D eigenvalue weighted by molar-refractivity contribution is 5.94. The van der Waals surface area contributed by atoms with Crippen LogP contribution in [0, 0.1) is 11.8 Å². The third-order valence-corrected chi connectivity index (χ3v) is 5.06. The third-order valence-electron chi connectivity index (χ3n) is 5.06. The van der Waals surface area contributed by atoms with Gasteiger partial charge < -0.3 is 31.7 Å². The van der Waals surface area contributed by atoms with Crippen LogP contribution in [0.1, 0.15) is 55.6 Å². The summed E-state index contributed by atoms with van der Waals surface area (Å²) in [5, 5.41) is 11.5. The second kappa shape index (κ2) is 13.6. The molecular formula is C29H33N7O4. The van der Waals surface area contributed by atoms with Crippen molar-refractivity contribution in [3.8, 4) is 11.8 Å². The minimum Gasteiger partial charge on any atom is -0.444 e. The van der Waals surface area contributed by atoms with Gasteiger partial charge in [-0.15, -0.1) is 0 Å². The molecule has 208 valence electrons. The molecule has 3 aromatic rings. The van der Waals surface area contributed by atoms with Gasteiger partial charge in [0.1, 0.15) is 18.0 Å². The Kier molecular flexibility index (Phi) is 10.0. The normalized spacial score (nSPS) is 10.5. The van der Waals surface area contributed by atoms with Gasteiger partial charge in [0.15, 0.2) is 0 Å². The fourth-order valence-electron chi connectivity index (χ4n) is 3.21. The number of ether oxygens (including phenoxy) is 1. The lowest BCUT2D eigenvalue weighted by Crippen LogP contribution is -2.37. The minimum atomic E-state index is -0.660. The Balaban J connectivity index is 1.64. The molecule has 1 aromatic heterocycles. The predicted molar refractivity (Wildman–Crippen MR) is 154 cm³/mol. The monoisotopic (exact) mass is 543 g/mol.